The molecule has 1 saturated heterocycles. The minimum atomic E-state index is -1.12. The number of piperidine rings is 1. The van der Waals surface area contributed by atoms with Gasteiger partial charge in [-0.25, -0.2) is 9.59 Å². The maximum atomic E-state index is 13.1. The number of likely N-dealkylation sites (tertiary alicyclic amines) is 1. The zero-order chi connectivity index (χ0) is 24.4. The van der Waals surface area contributed by atoms with Crippen molar-refractivity contribution < 1.29 is 33.8 Å². The number of carboxylic acids is 1. The SMILES string of the molecule is CCC(C)(C)C(=O)C(=O)N1CCCC[C@H]1C(=O)O[C@H](CCc1cccnc1)COCC(=O)O. The lowest BCUT2D eigenvalue weighted by atomic mass is 9.84. The lowest BCUT2D eigenvalue weighted by Gasteiger charge is -2.36. The van der Waals surface area contributed by atoms with Gasteiger partial charge in [-0.2, -0.15) is 0 Å². The Morgan fingerprint density at radius 3 is 2.67 bits per heavy atom. The first-order valence-corrected chi connectivity index (χ1v) is 11.4. The molecular formula is C24H34N2O7. The molecule has 1 aromatic heterocycles. The molecule has 0 saturated carbocycles. The van der Waals surface area contributed by atoms with Crippen molar-refractivity contribution >= 4 is 23.6 Å². The van der Waals surface area contributed by atoms with Crippen LogP contribution in [0.1, 0.15) is 58.4 Å². The van der Waals surface area contributed by atoms with Crippen LogP contribution in [-0.4, -0.2) is 70.5 Å². The van der Waals surface area contributed by atoms with Gasteiger partial charge in [0.25, 0.3) is 5.91 Å². The standard InChI is InChI=1S/C24H34N2O7/c1-4-24(2,3)21(29)22(30)26-13-6-5-9-19(26)23(31)33-18(15-32-16-20(27)28)11-10-17-8-7-12-25-14-17/h7-8,12,14,18-19H,4-6,9-11,13,15-16H2,1-3H3,(H,27,28)/t18-,19+/m1/s1. The van der Waals surface area contributed by atoms with Gasteiger partial charge < -0.3 is 19.5 Å². The number of aryl methyl sites for hydroxylation is 1. The van der Waals surface area contributed by atoms with Gasteiger partial charge >= 0.3 is 11.9 Å². The lowest BCUT2D eigenvalue weighted by molar-refractivity contribution is -0.166. The minimum absolute atomic E-state index is 0.0826. The summed E-state index contributed by atoms with van der Waals surface area (Å²) in [6.07, 6.45) is 6.00. The number of amides is 1. The number of rotatable bonds is 12. The largest absolute Gasteiger partial charge is 0.480 e. The number of aromatic nitrogens is 1. The molecule has 2 rings (SSSR count). The smallest absolute Gasteiger partial charge is 0.329 e. The van der Waals surface area contributed by atoms with Crippen molar-refractivity contribution in [3.8, 4) is 0 Å². The summed E-state index contributed by atoms with van der Waals surface area (Å²) in [6, 6.07) is 2.85. The molecule has 0 bridgehead atoms. The van der Waals surface area contributed by atoms with Crippen molar-refractivity contribution in [3.05, 3.63) is 30.1 Å². The molecule has 182 valence electrons. The average molecular weight is 463 g/mol. The third-order valence-corrected chi connectivity index (χ3v) is 6.02. The number of ether oxygens (including phenoxy) is 2. The zero-order valence-corrected chi connectivity index (χ0v) is 19.6. The van der Waals surface area contributed by atoms with Gasteiger partial charge in [0, 0.05) is 24.4 Å². The predicted octanol–water partition coefficient (Wildman–Crippen LogP) is 2.41. The number of carbonyl (C=O) groups excluding carboxylic acids is 3. The first-order chi connectivity index (χ1) is 15.7. The van der Waals surface area contributed by atoms with Crippen molar-refractivity contribution in [1.82, 2.24) is 9.88 Å². The Morgan fingerprint density at radius 2 is 2.03 bits per heavy atom. The molecule has 1 aliphatic heterocycles. The molecule has 9 heteroatoms. The van der Waals surface area contributed by atoms with Crippen LogP contribution in [0, 0.1) is 5.41 Å². The fourth-order valence-electron chi connectivity index (χ4n) is 3.57. The van der Waals surface area contributed by atoms with E-state index >= 15 is 0 Å². The van der Waals surface area contributed by atoms with E-state index in [4.69, 9.17) is 14.6 Å². The van der Waals surface area contributed by atoms with Crippen LogP contribution in [0.15, 0.2) is 24.5 Å². The molecule has 2 atom stereocenters. The number of hydrogen-bond acceptors (Lipinski definition) is 7. The van der Waals surface area contributed by atoms with Gasteiger partial charge in [0.15, 0.2) is 0 Å². The molecule has 1 fully saturated rings. The summed E-state index contributed by atoms with van der Waals surface area (Å²) in [5, 5.41) is 8.84. The van der Waals surface area contributed by atoms with Crippen molar-refractivity contribution in [1.29, 1.82) is 0 Å². The van der Waals surface area contributed by atoms with Crippen molar-refractivity contribution in [2.45, 2.75) is 71.4 Å². The Kier molecular flexibility index (Phi) is 9.96. The highest BCUT2D eigenvalue weighted by Crippen LogP contribution is 2.26. The second kappa shape index (κ2) is 12.4. The quantitative estimate of drug-likeness (QED) is 0.371. The summed E-state index contributed by atoms with van der Waals surface area (Å²) >= 11 is 0. The number of Topliss-reactive ketones (excluding diaryl/α,β-unsaturated/α-hetero) is 1. The van der Waals surface area contributed by atoms with Crippen LogP contribution in [0.2, 0.25) is 0 Å². The molecule has 0 spiro atoms. The Balaban J connectivity index is 2.08. The third kappa shape index (κ3) is 7.92. The van der Waals surface area contributed by atoms with Crippen LogP contribution < -0.4 is 0 Å². The Hall–Kier alpha value is -2.81. The zero-order valence-electron chi connectivity index (χ0n) is 19.6. The molecule has 1 aromatic rings. The van der Waals surface area contributed by atoms with E-state index in [2.05, 4.69) is 4.98 Å². The highest BCUT2D eigenvalue weighted by atomic mass is 16.6. The topological polar surface area (TPSA) is 123 Å². The highest BCUT2D eigenvalue weighted by Gasteiger charge is 2.41. The maximum Gasteiger partial charge on any atom is 0.329 e. The van der Waals surface area contributed by atoms with E-state index in [1.165, 1.54) is 4.90 Å². The van der Waals surface area contributed by atoms with Crippen molar-refractivity contribution in [3.63, 3.8) is 0 Å². The predicted molar refractivity (Wildman–Crippen MR) is 119 cm³/mol. The summed E-state index contributed by atoms with van der Waals surface area (Å²) in [7, 11) is 0. The maximum absolute atomic E-state index is 13.1. The van der Waals surface area contributed by atoms with E-state index in [-0.39, 0.29) is 6.61 Å². The van der Waals surface area contributed by atoms with Crippen LogP contribution in [0.4, 0.5) is 0 Å². The van der Waals surface area contributed by atoms with Crippen LogP contribution in [0.5, 0.6) is 0 Å². The van der Waals surface area contributed by atoms with E-state index in [1.807, 2.05) is 13.0 Å². The van der Waals surface area contributed by atoms with Crippen LogP contribution in [0.25, 0.3) is 0 Å². The Labute approximate surface area is 194 Å². The summed E-state index contributed by atoms with van der Waals surface area (Å²) in [4.78, 5) is 54.9. The van der Waals surface area contributed by atoms with E-state index < -0.39 is 47.8 Å². The number of nitrogens with zero attached hydrogens (tertiary/aromatic N) is 2. The normalized spacial score (nSPS) is 17.3. The fraction of sp³-hybridized carbons (Fsp3) is 0.625. The number of pyridine rings is 1. The van der Waals surface area contributed by atoms with Gasteiger partial charge in [-0.05, 0) is 50.2 Å². The van der Waals surface area contributed by atoms with E-state index in [0.717, 1.165) is 12.0 Å². The number of carboxylic acid groups (broad SMARTS) is 1. The Bertz CT molecular complexity index is 825. The van der Waals surface area contributed by atoms with E-state index in [0.29, 0.717) is 38.6 Å². The van der Waals surface area contributed by atoms with Gasteiger partial charge in [0.05, 0.1) is 6.61 Å². The second-order valence-electron chi connectivity index (χ2n) is 8.94. The molecule has 2 heterocycles. The first kappa shape index (κ1) is 26.4. The first-order valence-electron chi connectivity index (χ1n) is 11.4. The summed E-state index contributed by atoms with van der Waals surface area (Å²) < 4.78 is 10.9. The van der Waals surface area contributed by atoms with Gasteiger partial charge in [-0.3, -0.25) is 14.6 Å². The number of hydrogen-bond donors (Lipinski definition) is 1. The van der Waals surface area contributed by atoms with Crippen LogP contribution >= 0.6 is 0 Å². The molecule has 9 nitrogen and oxygen atoms in total. The van der Waals surface area contributed by atoms with Crippen LogP contribution in [0.3, 0.4) is 0 Å². The third-order valence-electron chi connectivity index (χ3n) is 6.02. The van der Waals surface area contributed by atoms with Gasteiger partial charge in [-0.15, -0.1) is 0 Å². The average Bonchev–Trinajstić information content (AvgIpc) is 2.81. The van der Waals surface area contributed by atoms with Gasteiger partial charge in [-0.1, -0.05) is 26.8 Å². The lowest BCUT2D eigenvalue weighted by Crippen LogP contribution is -2.53. The fourth-order valence-corrected chi connectivity index (χ4v) is 3.57. The number of carbonyl (C=O) groups is 4. The van der Waals surface area contributed by atoms with E-state index in [9.17, 15) is 19.2 Å². The molecule has 0 aliphatic carbocycles. The van der Waals surface area contributed by atoms with Crippen molar-refractivity contribution in [2.24, 2.45) is 5.41 Å². The summed E-state index contributed by atoms with van der Waals surface area (Å²) in [5.41, 5.74) is 0.138. The summed E-state index contributed by atoms with van der Waals surface area (Å²) in [6.45, 7) is 5.02. The Morgan fingerprint density at radius 1 is 1.27 bits per heavy atom. The van der Waals surface area contributed by atoms with Crippen LogP contribution in [-0.2, 0) is 35.1 Å². The molecule has 33 heavy (non-hydrogen) atoms. The minimum Gasteiger partial charge on any atom is -0.480 e. The highest BCUT2D eigenvalue weighted by molar-refractivity contribution is 6.38. The van der Waals surface area contributed by atoms with Gasteiger partial charge in [0.2, 0.25) is 5.78 Å². The number of aliphatic carboxylic acids is 1. The molecule has 0 unspecified atom stereocenters. The summed E-state index contributed by atoms with van der Waals surface area (Å²) in [5.74, 6) is -2.88. The van der Waals surface area contributed by atoms with Crippen molar-refractivity contribution in [2.75, 3.05) is 19.8 Å². The molecule has 1 amide bonds. The molecule has 1 aliphatic rings. The van der Waals surface area contributed by atoms with E-state index in [1.54, 1.807) is 32.3 Å². The monoisotopic (exact) mass is 462 g/mol. The number of ketones is 1. The molecule has 1 N–H and O–H groups in total. The van der Waals surface area contributed by atoms with Gasteiger partial charge in [0.1, 0.15) is 18.8 Å². The number of esters is 1. The second-order valence-corrected chi connectivity index (χ2v) is 8.94. The molecular weight excluding hydrogens is 428 g/mol. The molecule has 0 radical (unpaired) electrons. The molecule has 0 aromatic carbocycles.